The van der Waals surface area contributed by atoms with E-state index < -0.39 is 5.30 Å². The second-order valence-electron chi connectivity index (χ2n) is 4.19. The minimum Gasteiger partial charge on any atom is -0.452 e. The van der Waals surface area contributed by atoms with Crippen LogP contribution in [0.3, 0.4) is 0 Å². The van der Waals surface area contributed by atoms with Gasteiger partial charge in [-0.2, -0.15) is 0 Å². The molecule has 0 N–H and O–H groups in total. The van der Waals surface area contributed by atoms with Gasteiger partial charge in [-0.15, -0.1) is 0 Å². The van der Waals surface area contributed by atoms with Crippen LogP contribution in [-0.2, 0) is 16.1 Å². The summed E-state index contributed by atoms with van der Waals surface area (Å²) in [5.41, 5.74) is 1.79. The molecule has 106 valence electrons. The summed E-state index contributed by atoms with van der Waals surface area (Å²) < 4.78 is 5.02. The van der Waals surface area contributed by atoms with Gasteiger partial charge in [-0.1, -0.05) is 66.7 Å². The van der Waals surface area contributed by atoms with Crippen molar-refractivity contribution in [2.45, 2.75) is 6.61 Å². The molecule has 0 aliphatic heterocycles. The lowest BCUT2D eigenvalue weighted by Crippen LogP contribution is -2.01. The molecular formula is C17H14O3S. The molecule has 4 heteroatoms. The van der Waals surface area contributed by atoms with Gasteiger partial charge in [-0.05, 0) is 17.2 Å². The van der Waals surface area contributed by atoms with Crippen LogP contribution in [0.5, 0.6) is 0 Å². The molecule has 0 spiro atoms. The Morgan fingerprint density at radius 3 is 2.24 bits per heavy atom. The van der Waals surface area contributed by atoms with Crippen LogP contribution >= 0.6 is 11.8 Å². The van der Waals surface area contributed by atoms with E-state index in [9.17, 15) is 9.59 Å². The number of thioether (sulfide) groups is 1. The third-order valence-electron chi connectivity index (χ3n) is 2.59. The first-order chi connectivity index (χ1) is 10.2. The Morgan fingerprint density at radius 2 is 1.57 bits per heavy atom. The van der Waals surface area contributed by atoms with E-state index in [0.29, 0.717) is 11.8 Å². The SMILES string of the molecule is O=C(/C=C/c1ccccc1)SC(=O)OCc1ccccc1. The number of hydrogen-bond acceptors (Lipinski definition) is 4. The van der Waals surface area contributed by atoms with E-state index in [4.69, 9.17) is 4.74 Å². The number of carbonyl (C=O) groups is 2. The van der Waals surface area contributed by atoms with Crippen molar-refractivity contribution in [3.05, 3.63) is 77.9 Å². The minimum absolute atomic E-state index is 0.169. The van der Waals surface area contributed by atoms with E-state index in [0.717, 1.165) is 11.1 Å². The molecule has 0 saturated heterocycles. The molecule has 2 aromatic carbocycles. The highest BCUT2D eigenvalue weighted by Crippen LogP contribution is 2.12. The van der Waals surface area contributed by atoms with Crippen molar-refractivity contribution in [1.29, 1.82) is 0 Å². The van der Waals surface area contributed by atoms with Crippen molar-refractivity contribution in [1.82, 2.24) is 0 Å². The first-order valence-corrected chi connectivity index (χ1v) is 7.21. The van der Waals surface area contributed by atoms with E-state index >= 15 is 0 Å². The van der Waals surface area contributed by atoms with Crippen molar-refractivity contribution in [3.63, 3.8) is 0 Å². The molecule has 2 aromatic rings. The van der Waals surface area contributed by atoms with Crippen LogP contribution in [0.2, 0.25) is 0 Å². The fourth-order valence-electron chi connectivity index (χ4n) is 1.59. The molecule has 0 saturated carbocycles. The molecule has 2 rings (SSSR count). The number of ether oxygens (including phenoxy) is 1. The second-order valence-corrected chi connectivity index (χ2v) is 5.13. The Bertz CT molecular complexity index is 621. The molecule has 0 heterocycles. The molecule has 0 radical (unpaired) electrons. The molecule has 0 amide bonds. The zero-order chi connectivity index (χ0) is 14.9. The third kappa shape index (κ3) is 5.67. The number of hydrogen-bond donors (Lipinski definition) is 0. The molecule has 0 aliphatic carbocycles. The summed E-state index contributed by atoms with van der Waals surface area (Å²) in [4.78, 5) is 23.1. The summed E-state index contributed by atoms with van der Waals surface area (Å²) in [6.45, 7) is 0.169. The van der Waals surface area contributed by atoms with Gasteiger partial charge in [0.1, 0.15) is 6.61 Å². The van der Waals surface area contributed by atoms with Gasteiger partial charge < -0.3 is 4.74 Å². The Morgan fingerprint density at radius 1 is 0.952 bits per heavy atom. The van der Waals surface area contributed by atoms with E-state index in [1.807, 2.05) is 60.7 Å². The van der Waals surface area contributed by atoms with Gasteiger partial charge in [0.05, 0.1) is 0 Å². The summed E-state index contributed by atoms with van der Waals surface area (Å²) in [6.07, 6.45) is 3.03. The maximum absolute atomic E-state index is 11.6. The molecular weight excluding hydrogens is 284 g/mol. The van der Waals surface area contributed by atoms with E-state index in [2.05, 4.69) is 0 Å². The first kappa shape index (κ1) is 15.1. The fraction of sp³-hybridized carbons (Fsp3) is 0.0588. The number of rotatable bonds is 4. The Balaban J connectivity index is 1.77. The third-order valence-corrected chi connectivity index (χ3v) is 3.22. The highest BCUT2D eigenvalue weighted by Gasteiger charge is 2.09. The van der Waals surface area contributed by atoms with Crippen molar-refractivity contribution in [2.24, 2.45) is 0 Å². The van der Waals surface area contributed by atoms with Crippen LogP contribution in [0, 0.1) is 0 Å². The molecule has 21 heavy (non-hydrogen) atoms. The van der Waals surface area contributed by atoms with Gasteiger partial charge in [-0.3, -0.25) is 4.79 Å². The Hall–Kier alpha value is -2.33. The van der Waals surface area contributed by atoms with Gasteiger partial charge in [0.25, 0.3) is 0 Å². The Labute approximate surface area is 127 Å². The highest BCUT2D eigenvalue weighted by atomic mass is 32.2. The zero-order valence-corrected chi connectivity index (χ0v) is 12.1. The molecule has 0 bridgehead atoms. The topological polar surface area (TPSA) is 43.4 Å². The number of benzene rings is 2. The largest absolute Gasteiger partial charge is 0.452 e. The molecule has 0 aliphatic rings. The van der Waals surface area contributed by atoms with Crippen LogP contribution in [0.1, 0.15) is 11.1 Å². The standard InChI is InChI=1S/C17H14O3S/c18-16(12-11-14-7-3-1-4-8-14)21-17(19)20-13-15-9-5-2-6-10-15/h1-12H,13H2/b12-11+. The Kier molecular flexibility index (Phi) is 5.79. The quantitative estimate of drug-likeness (QED) is 0.623. The zero-order valence-electron chi connectivity index (χ0n) is 11.3. The van der Waals surface area contributed by atoms with Crippen LogP contribution in [-0.4, -0.2) is 10.4 Å². The molecule has 3 nitrogen and oxygen atoms in total. The molecule has 0 aromatic heterocycles. The van der Waals surface area contributed by atoms with Crippen molar-refractivity contribution in [2.75, 3.05) is 0 Å². The minimum atomic E-state index is -0.596. The van der Waals surface area contributed by atoms with Crippen molar-refractivity contribution < 1.29 is 14.3 Å². The van der Waals surface area contributed by atoms with Crippen molar-refractivity contribution >= 4 is 28.3 Å². The van der Waals surface area contributed by atoms with E-state index in [1.54, 1.807) is 6.08 Å². The van der Waals surface area contributed by atoms with Gasteiger partial charge in [0.15, 0.2) is 0 Å². The van der Waals surface area contributed by atoms with E-state index in [-0.39, 0.29) is 11.7 Å². The number of carbonyl (C=O) groups excluding carboxylic acids is 2. The lowest BCUT2D eigenvalue weighted by molar-refractivity contribution is -0.106. The molecule has 0 fully saturated rings. The van der Waals surface area contributed by atoms with Crippen LogP contribution < -0.4 is 0 Å². The molecule has 0 atom stereocenters. The van der Waals surface area contributed by atoms with Gasteiger partial charge in [0, 0.05) is 11.8 Å². The maximum Gasteiger partial charge on any atom is 0.375 e. The average molecular weight is 298 g/mol. The van der Waals surface area contributed by atoms with Crippen LogP contribution in [0.4, 0.5) is 4.79 Å². The summed E-state index contributed by atoms with van der Waals surface area (Å²) in [5, 5.41) is -0.946. The van der Waals surface area contributed by atoms with Gasteiger partial charge >= 0.3 is 5.30 Å². The summed E-state index contributed by atoms with van der Waals surface area (Å²) in [7, 11) is 0. The summed E-state index contributed by atoms with van der Waals surface area (Å²) >= 11 is 0.551. The predicted octanol–water partition coefficient (Wildman–Crippen LogP) is 4.30. The highest BCUT2D eigenvalue weighted by molar-refractivity contribution is 8.26. The smallest absolute Gasteiger partial charge is 0.375 e. The summed E-state index contributed by atoms with van der Waals surface area (Å²) in [6, 6.07) is 18.7. The maximum atomic E-state index is 11.6. The van der Waals surface area contributed by atoms with Gasteiger partial charge in [-0.25, -0.2) is 4.79 Å². The van der Waals surface area contributed by atoms with Gasteiger partial charge in [0.2, 0.25) is 5.12 Å². The predicted molar refractivity (Wildman–Crippen MR) is 84.7 cm³/mol. The normalized spacial score (nSPS) is 10.5. The first-order valence-electron chi connectivity index (χ1n) is 6.39. The lowest BCUT2D eigenvalue weighted by atomic mass is 10.2. The van der Waals surface area contributed by atoms with E-state index in [1.165, 1.54) is 6.08 Å². The van der Waals surface area contributed by atoms with Crippen molar-refractivity contribution in [3.8, 4) is 0 Å². The monoisotopic (exact) mass is 298 g/mol. The summed E-state index contributed by atoms with van der Waals surface area (Å²) in [5.74, 6) is 0. The molecule has 0 unspecified atom stereocenters. The average Bonchev–Trinajstić information content (AvgIpc) is 2.53. The second kappa shape index (κ2) is 8.07. The lowest BCUT2D eigenvalue weighted by Gasteiger charge is -2.02. The van der Waals surface area contributed by atoms with Crippen LogP contribution in [0.15, 0.2) is 66.7 Å². The fourth-order valence-corrected chi connectivity index (χ4v) is 2.01. The van der Waals surface area contributed by atoms with Crippen LogP contribution in [0.25, 0.3) is 6.08 Å².